The molecule has 3 atom stereocenters. The van der Waals surface area contributed by atoms with E-state index in [4.69, 9.17) is 19.3 Å². The summed E-state index contributed by atoms with van der Waals surface area (Å²) in [6, 6.07) is 5.86. The number of aromatic hydroxyl groups is 2. The number of fused-ring (bicyclic) bond motifs is 2. The van der Waals surface area contributed by atoms with Crippen molar-refractivity contribution in [3.63, 3.8) is 0 Å². The highest BCUT2D eigenvalue weighted by Crippen LogP contribution is 2.47. The van der Waals surface area contributed by atoms with Crippen LogP contribution in [0.2, 0.25) is 0 Å². The van der Waals surface area contributed by atoms with Crippen LogP contribution in [-0.4, -0.2) is 103 Å². The number of methoxy groups -OCH3 is 1. The number of carboxylic acid groups (broad SMARTS) is 2. The Morgan fingerprint density at radius 3 is 2.33 bits per heavy atom. The van der Waals surface area contributed by atoms with E-state index in [-0.39, 0.29) is 46.7 Å². The van der Waals surface area contributed by atoms with E-state index < -0.39 is 87.6 Å². The van der Waals surface area contributed by atoms with Gasteiger partial charge in [0.2, 0.25) is 11.3 Å². The van der Waals surface area contributed by atoms with Crippen molar-refractivity contribution in [2.45, 2.75) is 37.5 Å². The zero-order valence-corrected chi connectivity index (χ0v) is 28.5. The predicted octanol–water partition coefficient (Wildman–Crippen LogP) is 0.643. The van der Waals surface area contributed by atoms with Gasteiger partial charge in [0.15, 0.2) is 18.1 Å². The van der Waals surface area contributed by atoms with Crippen LogP contribution < -0.4 is 20.8 Å². The third kappa shape index (κ3) is 6.82. The molecule has 0 bridgehead atoms. The second kappa shape index (κ2) is 14.6. The number of benzene rings is 2. The second-order valence-corrected chi connectivity index (χ2v) is 12.5. The summed E-state index contributed by atoms with van der Waals surface area (Å²) in [5.74, 6) is -7.41. The van der Waals surface area contributed by atoms with E-state index in [1.54, 1.807) is 6.92 Å². The van der Waals surface area contributed by atoms with E-state index in [0.29, 0.717) is 0 Å². The summed E-state index contributed by atoms with van der Waals surface area (Å²) in [7, 11) is 1.12. The van der Waals surface area contributed by atoms with Gasteiger partial charge in [-0.2, -0.15) is 0 Å². The van der Waals surface area contributed by atoms with Crippen molar-refractivity contribution < 1.29 is 63.4 Å². The van der Waals surface area contributed by atoms with Crippen LogP contribution in [0.25, 0.3) is 10.9 Å². The minimum absolute atomic E-state index is 0.0126. The van der Waals surface area contributed by atoms with Crippen molar-refractivity contribution >= 4 is 58.3 Å². The lowest BCUT2D eigenvalue weighted by Gasteiger charge is -2.56. The van der Waals surface area contributed by atoms with Crippen LogP contribution in [0.15, 0.2) is 58.7 Å². The zero-order valence-electron chi connectivity index (χ0n) is 27.7. The average Bonchev–Trinajstić information content (AvgIpc) is 3.11. The first-order valence-electron chi connectivity index (χ1n) is 15.4. The average molecular weight is 741 g/mol. The number of carbonyl (C=O) groups is 6. The normalized spacial score (nSPS) is 18.6. The van der Waals surface area contributed by atoms with Crippen molar-refractivity contribution in [2.24, 2.45) is 0 Å². The topological polar surface area (TPSA) is 260 Å². The molecule has 0 spiro atoms. The van der Waals surface area contributed by atoms with Gasteiger partial charge in [0.1, 0.15) is 35.0 Å². The number of carbonyl (C=O) groups excluding carboxylic acids is 4. The van der Waals surface area contributed by atoms with Crippen LogP contribution >= 0.6 is 11.8 Å². The molecule has 6 N–H and O–H groups in total. The highest BCUT2D eigenvalue weighted by atomic mass is 32.2. The van der Waals surface area contributed by atoms with Gasteiger partial charge in [-0.15, -0.1) is 11.8 Å². The first-order valence-corrected chi connectivity index (χ1v) is 16.4. The van der Waals surface area contributed by atoms with Gasteiger partial charge in [-0.1, -0.05) is 12.1 Å². The Morgan fingerprint density at radius 1 is 1.06 bits per heavy atom. The van der Waals surface area contributed by atoms with Crippen LogP contribution in [0.5, 0.6) is 17.2 Å². The molecule has 0 radical (unpaired) electrons. The van der Waals surface area contributed by atoms with Crippen molar-refractivity contribution in [1.82, 2.24) is 20.1 Å². The van der Waals surface area contributed by atoms with E-state index in [1.165, 1.54) is 35.0 Å². The number of β-lactam (4-membered cyclic amide) rings is 1. The van der Waals surface area contributed by atoms with E-state index in [0.717, 1.165) is 42.8 Å². The predicted molar refractivity (Wildman–Crippen MR) is 179 cm³/mol. The Labute approximate surface area is 297 Å². The fourth-order valence-electron chi connectivity index (χ4n) is 5.75. The number of nitrogens with zero attached hydrogens (tertiary/aromatic N) is 2. The zero-order chi connectivity index (χ0) is 38.1. The van der Waals surface area contributed by atoms with Gasteiger partial charge in [-0.25, -0.2) is 9.59 Å². The largest absolute Gasteiger partial charge is 0.504 e. The minimum atomic E-state index is -2.12. The smallest absolute Gasteiger partial charge is 0.352 e. The molecule has 3 aromatic rings. The lowest BCUT2D eigenvalue weighted by atomic mass is 9.96. The fraction of sp³-hybridized carbons (Fsp3) is 0.303. The van der Waals surface area contributed by atoms with Crippen molar-refractivity contribution in [2.75, 3.05) is 26.1 Å². The highest BCUT2D eigenvalue weighted by molar-refractivity contribution is 8.00. The molecule has 19 heteroatoms. The van der Waals surface area contributed by atoms with Crippen LogP contribution in [0.3, 0.4) is 0 Å². The number of phenols is 2. The maximum absolute atomic E-state index is 14.1. The molecule has 274 valence electrons. The fourth-order valence-corrected chi connectivity index (χ4v) is 7.17. The summed E-state index contributed by atoms with van der Waals surface area (Å²) in [5.41, 5.74) is -3.39. The molecule has 2 aliphatic heterocycles. The molecule has 1 unspecified atom stereocenters. The van der Waals surface area contributed by atoms with E-state index in [2.05, 4.69) is 10.6 Å². The highest BCUT2D eigenvalue weighted by Gasteiger charge is 2.67. The van der Waals surface area contributed by atoms with E-state index >= 15 is 0 Å². The number of aromatic nitrogens is 1. The van der Waals surface area contributed by atoms with Crippen molar-refractivity contribution in [3.8, 4) is 17.2 Å². The number of amides is 3. The van der Waals surface area contributed by atoms with Gasteiger partial charge in [0.25, 0.3) is 17.5 Å². The van der Waals surface area contributed by atoms with Crippen molar-refractivity contribution in [1.29, 1.82) is 0 Å². The number of hydrogen-bond acceptors (Lipinski definition) is 13. The number of pyridine rings is 1. The first-order chi connectivity index (χ1) is 24.6. The maximum atomic E-state index is 14.1. The van der Waals surface area contributed by atoms with Crippen LogP contribution in [0.4, 0.5) is 0 Å². The first kappa shape index (κ1) is 37.2. The summed E-state index contributed by atoms with van der Waals surface area (Å²) in [6.07, 6.45) is 1.21. The van der Waals surface area contributed by atoms with Crippen LogP contribution in [0, 0.1) is 0 Å². The second-order valence-electron chi connectivity index (χ2n) is 11.5. The Morgan fingerprint density at radius 2 is 1.73 bits per heavy atom. The maximum Gasteiger partial charge on any atom is 0.352 e. The Bertz CT molecular complexity index is 2100. The molecule has 1 fully saturated rings. The van der Waals surface area contributed by atoms with Crippen LogP contribution in [0.1, 0.15) is 35.8 Å². The van der Waals surface area contributed by atoms with Gasteiger partial charge < -0.3 is 49.8 Å². The SMILES string of the molecule is CCn1cc(C(=O)NC(C(=O)N[C@]2(OC)C(=O)N3C(C(=O)O)=C(COC(C)=O)CS[C@@H]32)c2ccc(OCC(=O)O)cc2)c(=O)c2cc(O)c(O)cc21. The Hall–Kier alpha value is -6.08. The van der Waals surface area contributed by atoms with Gasteiger partial charge in [0.05, 0.1) is 10.9 Å². The number of nitrogens with one attached hydrogen (secondary N) is 2. The third-order valence-electron chi connectivity index (χ3n) is 8.27. The van der Waals surface area contributed by atoms with Gasteiger partial charge in [0, 0.05) is 44.2 Å². The molecular formula is C33H32N4O14S. The van der Waals surface area contributed by atoms with E-state index in [1.807, 2.05) is 0 Å². The Balaban J connectivity index is 1.51. The molecule has 52 heavy (non-hydrogen) atoms. The summed E-state index contributed by atoms with van der Waals surface area (Å²) in [4.78, 5) is 90.6. The number of hydrogen-bond donors (Lipinski definition) is 6. The number of phenolic OH excluding ortho intramolecular Hbond substituents is 2. The number of ether oxygens (including phenoxy) is 3. The molecule has 0 aliphatic carbocycles. The summed E-state index contributed by atoms with van der Waals surface area (Å²) in [5, 5.41) is 42.8. The molecule has 2 aliphatic rings. The molecular weight excluding hydrogens is 708 g/mol. The standard InChI is InChI=1S/C33H32N4O14S/c1-4-36-11-20(27(43)19-9-22(39)23(40)10-21(19)36)28(44)34-25(16-5-7-18(8-6-16)51-13-24(41)42)29(45)35-33(49-3)31(48)37-26(30(46)47)17(12-50-15(2)38)14-52-32(33)37/h5-11,25,32,39-40H,4,12-14H2,1-3H3,(H,34,44)(H,35,45)(H,41,42)(H,46,47)/t25?,32-,33+/m1/s1. The monoisotopic (exact) mass is 740 g/mol. The quantitative estimate of drug-likeness (QED) is 0.0608. The minimum Gasteiger partial charge on any atom is -0.504 e. The molecule has 1 saturated heterocycles. The lowest BCUT2D eigenvalue weighted by molar-refractivity contribution is -0.193. The van der Waals surface area contributed by atoms with Crippen molar-refractivity contribution in [3.05, 3.63) is 75.2 Å². The number of esters is 1. The number of rotatable bonds is 13. The van der Waals surface area contributed by atoms with E-state index in [9.17, 15) is 48.9 Å². The van der Waals surface area contributed by atoms with Gasteiger partial charge in [-0.05, 0) is 30.7 Å². The molecule has 5 rings (SSSR count). The molecule has 1 aromatic heterocycles. The molecule has 18 nitrogen and oxygen atoms in total. The number of aryl methyl sites for hydroxylation is 1. The van der Waals surface area contributed by atoms with Gasteiger partial charge in [-0.3, -0.25) is 28.9 Å². The lowest BCUT2D eigenvalue weighted by Crippen LogP contribution is -2.81. The summed E-state index contributed by atoms with van der Waals surface area (Å²) in [6.45, 7) is 2.02. The van der Waals surface area contributed by atoms with Crippen LogP contribution in [-0.2, 0) is 40.0 Å². The van der Waals surface area contributed by atoms with Gasteiger partial charge >= 0.3 is 17.9 Å². The molecule has 2 aromatic carbocycles. The summed E-state index contributed by atoms with van der Waals surface area (Å²) < 4.78 is 17.1. The number of aliphatic carboxylic acids is 2. The number of thioether (sulfide) groups is 1. The number of carboxylic acids is 2. The Kier molecular flexibility index (Phi) is 10.5. The molecule has 3 heterocycles. The summed E-state index contributed by atoms with van der Waals surface area (Å²) >= 11 is 1.03. The third-order valence-corrected chi connectivity index (χ3v) is 9.64. The molecule has 3 amide bonds. The molecule has 0 saturated carbocycles.